The van der Waals surface area contributed by atoms with Crippen molar-refractivity contribution in [3.8, 4) is 0 Å². The van der Waals surface area contributed by atoms with Crippen LogP contribution in [0.15, 0.2) is 22.7 Å². The van der Waals surface area contributed by atoms with Gasteiger partial charge in [0.2, 0.25) is 0 Å². The lowest BCUT2D eigenvalue weighted by Crippen LogP contribution is -2.55. The number of rotatable bonds is 2. The van der Waals surface area contributed by atoms with Gasteiger partial charge >= 0.3 is 12.1 Å². The minimum atomic E-state index is -0.636. The van der Waals surface area contributed by atoms with Gasteiger partial charge in [0, 0.05) is 29.3 Å². The summed E-state index contributed by atoms with van der Waals surface area (Å²) in [4.78, 5) is 12.5. The SMILES string of the molecule is CC[N+]1=C(NC(=O)OC(C)(C)C)OC2(CCOCC2)C[C@H]1c1cc(Br)ccc1F. The highest BCUT2D eigenvalue weighted by molar-refractivity contribution is 9.10. The summed E-state index contributed by atoms with van der Waals surface area (Å²) in [5.74, 6) is -0.280. The van der Waals surface area contributed by atoms with Gasteiger partial charge < -0.3 is 14.2 Å². The Morgan fingerprint density at radius 1 is 1.38 bits per heavy atom. The van der Waals surface area contributed by atoms with Crippen molar-refractivity contribution in [3.05, 3.63) is 34.1 Å². The molecule has 1 amide bonds. The molecule has 3 rings (SSSR count). The molecule has 160 valence electrons. The predicted molar refractivity (Wildman–Crippen MR) is 111 cm³/mol. The predicted octanol–water partition coefficient (Wildman–Crippen LogP) is 4.51. The fourth-order valence-electron chi connectivity index (χ4n) is 3.86. The third kappa shape index (κ3) is 5.28. The number of carbonyl (C=O) groups is 1. The maximum Gasteiger partial charge on any atom is 0.508 e. The average molecular weight is 472 g/mol. The summed E-state index contributed by atoms with van der Waals surface area (Å²) < 4.78 is 34.8. The minimum absolute atomic E-state index is 0.280. The van der Waals surface area contributed by atoms with E-state index in [9.17, 15) is 9.18 Å². The summed E-state index contributed by atoms with van der Waals surface area (Å²) in [7, 11) is 0. The van der Waals surface area contributed by atoms with Crippen LogP contribution >= 0.6 is 15.9 Å². The third-order valence-electron chi connectivity index (χ3n) is 5.19. The smallest absolute Gasteiger partial charge is 0.426 e. The Morgan fingerprint density at radius 3 is 2.69 bits per heavy atom. The lowest BCUT2D eigenvalue weighted by Gasteiger charge is -2.42. The topological polar surface area (TPSA) is 59.8 Å². The normalized spacial score (nSPS) is 21.7. The summed E-state index contributed by atoms with van der Waals surface area (Å²) in [5, 5.41) is 2.77. The number of carbonyl (C=O) groups excluding carboxylic acids is 1. The Bertz CT molecular complexity index is 800. The van der Waals surface area contributed by atoms with Crippen molar-refractivity contribution >= 4 is 28.0 Å². The summed E-state index contributed by atoms with van der Waals surface area (Å²) in [6.45, 7) is 9.03. The van der Waals surface area contributed by atoms with Crippen molar-refractivity contribution in [2.75, 3.05) is 19.8 Å². The van der Waals surface area contributed by atoms with E-state index in [0.29, 0.717) is 50.6 Å². The lowest BCUT2D eigenvalue weighted by molar-refractivity contribution is -0.595. The number of alkyl carbamates (subject to hydrolysis) is 1. The van der Waals surface area contributed by atoms with Gasteiger partial charge in [-0.1, -0.05) is 15.9 Å². The van der Waals surface area contributed by atoms with Crippen LogP contribution in [0.25, 0.3) is 0 Å². The van der Waals surface area contributed by atoms with Gasteiger partial charge in [0.1, 0.15) is 23.1 Å². The number of hydrogen-bond donors (Lipinski definition) is 1. The van der Waals surface area contributed by atoms with Crippen molar-refractivity contribution < 1.29 is 28.0 Å². The van der Waals surface area contributed by atoms with Crippen LogP contribution in [0, 0.1) is 5.82 Å². The van der Waals surface area contributed by atoms with E-state index in [1.165, 1.54) is 6.07 Å². The van der Waals surface area contributed by atoms with Gasteiger partial charge in [0.25, 0.3) is 0 Å². The Balaban J connectivity index is 2.02. The first-order valence-electron chi connectivity index (χ1n) is 9.98. The van der Waals surface area contributed by atoms with E-state index < -0.39 is 17.3 Å². The highest BCUT2D eigenvalue weighted by Crippen LogP contribution is 2.40. The number of benzene rings is 1. The molecule has 2 aliphatic heterocycles. The van der Waals surface area contributed by atoms with Crippen molar-refractivity contribution in [2.24, 2.45) is 0 Å². The van der Waals surface area contributed by atoms with E-state index in [-0.39, 0.29) is 11.9 Å². The Labute approximate surface area is 179 Å². The first-order valence-corrected chi connectivity index (χ1v) is 10.8. The van der Waals surface area contributed by atoms with Gasteiger partial charge in [-0.25, -0.2) is 8.97 Å². The number of nitrogens with one attached hydrogen (secondary N) is 1. The van der Waals surface area contributed by atoms with Gasteiger partial charge in [-0.05, 0) is 45.9 Å². The standard InChI is InChI=1S/C21H28BrFN2O4/c1-5-25-17(15-12-14(22)6-7-16(15)23)13-21(8-10-27-11-9-21)28-18(25)24-19(26)29-20(2,3)4/h6-7,12,17H,5,8-11,13H2,1-4H3/p+1/t17-/m0/s1. The Morgan fingerprint density at radius 2 is 2.07 bits per heavy atom. The molecular formula is C21H29BrFN2O4+. The van der Waals surface area contributed by atoms with Gasteiger partial charge in [-0.3, -0.25) is 0 Å². The van der Waals surface area contributed by atoms with E-state index in [2.05, 4.69) is 21.2 Å². The fraction of sp³-hybridized carbons (Fsp3) is 0.619. The number of hydrogen-bond acceptors (Lipinski definition) is 4. The number of halogens is 2. The van der Waals surface area contributed by atoms with Crippen LogP contribution in [-0.4, -0.2) is 47.7 Å². The van der Waals surface area contributed by atoms with Gasteiger partial charge in [0.15, 0.2) is 0 Å². The molecule has 0 bridgehead atoms. The fourth-order valence-corrected chi connectivity index (χ4v) is 4.24. The molecule has 0 radical (unpaired) electrons. The molecule has 1 spiro atoms. The van der Waals surface area contributed by atoms with Crippen LogP contribution in [0.5, 0.6) is 0 Å². The molecule has 1 aromatic carbocycles. The molecule has 6 nitrogen and oxygen atoms in total. The molecule has 8 heteroatoms. The second-order valence-corrected chi connectivity index (χ2v) is 9.42. The summed E-state index contributed by atoms with van der Waals surface area (Å²) in [6, 6.07) is 4.96. The van der Waals surface area contributed by atoms with E-state index in [1.54, 1.807) is 32.9 Å². The van der Waals surface area contributed by atoms with Crippen molar-refractivity contribution in [1.29, 1.82) is 0 Å². The van der Waals surface area contributed by atoms with Gasteiger partial charge in [-0.15, -0.1) is 5.32 Å². The van der Waals surface area contributed by atoms with E-state index >= 15 is 0 Å². The lowest BCUT2D eigenvalue weighted by atomic mass is 9.83. The second-order valence-electron chi connectivity index (χ2n) is 8.50. The van der Waals surface area contributed by atoms with Crippen LogP contribution in [0.1, 0.15) is 58.6 Å². The zero-order valence-electron chi connectivity index (χ0n) is 17.4. The number of amidine groups is 1. The van der Waals surface area contributed by atoms with Crippen LogP contribution < -0.4 is 5.32 Å². The van der Waals surface area contributed by atoms with Crippen molar-refractivity contribution in [3.63, 3.8) is 0 Å². The molecule has 1 saturated heterocycles. The molecule has 1 fully saturated rings. The maximum atomic E-state index is 14.8. The van der Waals surface area contributed by atoms with E-state index in [1.807, 2.05) is 11.5 Å². The zero-order valence-corrected chi connectivity index (χ0v) is 19.0. The van der Waals surface area contributed by atoms with Crippen LogP contribution in [0.3, 0.4) is 0 Å². The first-order chi connectivity index (χ1) is 13.6. The maximum absolute atomic E-state index is 14.8. The highest BCUT2D eigenvalue weighted by Gasteiger charge is 2.48. The molecule has 0 aromatic heterocycles. The molecular weight excluding hydrogens is 443 g/mol. The van der Waals surface area contributed by atoms with E-state index in [0.717, 1.165) is 4.47 Å². The molecule has 0 unspecified atom stereocenters. The Hall–Kier alpha value is -1.67. The van der Waals surface area contributed by atoms with Crippen molar-refractivity contribution in [1.82, 2.24) is 5.32 Å². The molecule has 0 aliphatic carbocycles. The second kappa shape index (κ2) is 8.60. The molecule has 29 heavy (non-hydrogen) atoms. The summed E-state index contributed by atoms with van der Waals surface area (Å²) in [5.41, 5.74) is -0.588. The van der Waals surface area contributed by atoms with Gasteiger partial charge in [-0.2, -0.15) is 4.79 Å². The molecule has 0 saturated carbocycles. The Kier molecular flexibility index (Phi) is 6.53. The quantitative estimate of drug-likeness (QED) is 0.644. The zero-order chi connectivity index (χ0) is 21.2. The number of amides is 1. The van der Waals surface area contributed by atoms with Crippen LogP contribution in [-0.2, 0) is 14.2 Å². The van der Waals surface area contributed by atoms with Crippen LogP contribution in [0.2, 0.25) is 0 Å². The highest BCUT2D eigenvalue weighted by atomic mass is 79.9. The first kappa shape index (κ1) is 22.0. The average Bonchev–Trinajstić information content (AvgIpc) is 2.62. The molecule has 2 aliphatic rings. The molecule has 1 atom stereocenters. The monoisotopic (exact) mass is 471 g/mol. The molecule has 1 N–H and O–H groups in total. The molecule has 2 heterocycles. The number of nitrogens with zero attached hydrogens (tertiary/aromatic N) is 1. The van der Waals surface area contributed by atoms with Crippen LogP contribution in [0.4, 0.5) is 9.18 Å². The van der Waals surface area contributed by atoms with E-state index in [4.69, 9.17) is 14.2 Å². The summed E-state index contributed by atoms with van der Waals surface area (Å²) >= 11 is 3.45. The van der Waals surface area contributed by atoms with Gasteiger partial charge in [0.05, 0.1) is 19.8 Å². The summed E-state index contributed by atoms with van der Waals surface area (Å²) in [6.07, 6.45) is 1.37. The third-order valence-corrected chi connectivity index (χ3v) is 5.68. The molecule has 1 aromatic rings. The number of ether oxygens (including phenoxy) is 3. The minimum Gasteiger partial charge on any atom is -0.426 e. The van der Waals surface area contributed by atoms with Crippen molar-refractivity contribution in [2.45, 2.75) is 64.2 Å². The largest absolute Gasteiger partial charge is 0.508 e.